The Morgan fingerprint density at radius 1 is 1.12 bits per heavy atom. The molecule has 128 valence electrons. The summed E-state index contributed by atoms with van der Waals surface area (Å²) in [5, 5.41) is 11.2. The van der Waals surface area contributed by atoms with Crippen molar-refractivity contribution in [1.82, 2.24) is 10.2 Å². The van der Waals surface area contributed by atoms with Crippen LogP contribution in [0.4, 0.5) is 5.82 Å². The summed E-state index contributed by atoms with van der Waals surface area (Å²) >= 11 is 0. The molecule has 25 heavy (non-hydrogen) atoms. The summed E-state index contributed by atoms with van der Waals surface area (Å²) in [5.41, 5.74) is 7.31. The summed E-state index contributed by atoms with van der Waals surface area (Å²) in [6, 6.07) is 14.7. The third-order valence-corrected chi connectivity index (χ3v) is 4.79. The molecule has 0 fully saturated rings. The van der Waals surface area contributed by atoms with Crippen molar-refractivity contribution in [1.29, 1.82) is 0 Å². The molecule has 1 heterocycles. The van der Waals surface area contributed by atoms with E-state index in [2.05, 4.69) is 65.8 Å². The second-order valence-electron chi connectivity index (χ2n) is 6.51. The molecule has 4 rings (SSSR count). The second kappa shape index (κ2) is 6.63. The first-order valence-electron chi connectivity index (χ1n) is 8.88. The third-order valence-electron chi connectivity index (χ3n) is 4.79. The zero-order valence-electron chi connectivity index (χ0n) is 14.7. The third kappa shape index (κ3) is 2.88. The van der Waals surface area contributed by atoms with E-state index in [4.69, 9.17) is 4.74 Å². The lowest BCUT2D eigenvalue weighted by molar-refractivity contribution is 0.315. The number of hydrogen-bond donors (Lipinski definition) is 2. The SMILES string of the molecule is CCCOc1cccc2c1Cc1c-2n[nH]c1NCc1ccccc1C. The molecule has 1 aromatic heterocycles. The van der Waals surface area contributed by atoms with Gasteiger partial charge in [0.25, 0.3) is 0 Å². The molecular formula is C21H23N3O. The Morgan fingerprint density at radius 2 is 2.00 bits per heavy atom. The maximum absolute atomic E-state index is 5.93. The molecular weight excluding hydrogens is 310 g/mol. The quantitative estimate of drug-likeness (QED) is 0.538. The number of aromatic amines is 1. The number of aryl methyl sites for hydroxylation is 1. The number of nitrogens with one attached hydrogen (secondary N) is 2. The number of nitrogens with zero attached hydrogens (tertiary/aromatic N) is 1. The Balaban J connectivity index is 1.57. The fourth-order valence-corrected chi connectivity index (χ4v) is 3.39. The van der Waals surface area contributed by atoms with Gasteiger partial charge in [0.1, 0.15) is 11.6 Å². The van der Waals surface area contributed by atoms with Crippen LogP contribution < -0.4 is 10.1 Å². The highest BCUT2D eigenvalue weighted by molar-refractivity contribution is 5.80. The monoisotopic (exact) mass is 333 g/mol. The van der Waals surface area contributed by atoms with E-state index in [0.717, 1.165) is 43.3 Å². The van der Waals surface area contributed by atoms with Crippen LogP contribution in [-0.2, 0) is 13.0 Å². The van der Waals surface area contributed by atoms with Gasteiger partial charge in [-0.15, -0.1) is 0 Å². The van der Waals surface area contributed by atoms with E-state index in [1.165, 1.54) is 27.8 Å². The molecule has 1 aliphatic carbocycles. The number of hydrogen-bond acceptors (Lipinski definition) is 3. The number of H-pyrrole nitrogens is 1. The fourth-order valence-electron chi connectivity index (χ4n) is 3.39. The van der Waals surface area contributed by atoms with E-state index in [0.29, 0.717) is 0 Å². The van der Waals surface area contributed by atoms with Crippen LogP contribution in [0.15, 0.2) is 42.5 Å². The predicted octanol–water partition coefficient (Wildman–Crippen LogP) is 4.69. The van der Waals surface area contributed by atoms with Crippen molar-refractivity contribution < 1.29 is 4.74 Å². The number of aromatic nitrogens is 2. The van der Waals surface area contributed by atoms with Crippen LogP contribution in [0.2, 0.25) is 0 Å². The zero-order valence-corrected chi connectivity index (χ0v) is 14.7. The van der Waals surface area contributed by atoms with Crippen LogP contribution in [0.1, 0.15) is 35.6 Å². The van der Waals surface area contributed by atoms with Gasteiger partial charge in [-0.2, -0.15) is 5.10 Å². The summed E-state index contributed by atoms with van der Waals surface area (Å²) in [7, 11) is 0. The Bertz CT molecular complexity index is 898. The normalized spacial score (nSPS) is 11.9. The first-order chi connectivity index (χ1) is 12.3. The van der Waals surface area contributed by atoms with Crippen molar-refractivity contribution in [3.05, 3.63) is 64.7 Å². The number of rotatable bonds is 6. The lowest BCUT2D eigenvalue weighted by Crippen LogP contribution is -2.04. The number of benzene rings is 2. The van der Waals surface area contributed by atoms with E-state index < -0.39 is 0 Å². The molecule has 3 aromatic rings. The van der Waals surface area contributed by atoms with E-state index in [9.17, 15) is 0 Å². The topological polar surface area (TPSA) is 49.9 Å². The van der Waals surface area contributed by atoms with Crippen molar-refractivity contribution in [2.75, 3.05) is 11.9 Å². The lowest BCUT2D eigenvalue weighted by Gasteiger charge is -2.10. The fraction of sp³-hybridized carbons (Fsp3) is 0.286. The highest BCUT2D eigenvalue weighted by atomic mass is 16.5. The maximum atomic E-state index is 5.93. The Labute approximate surface area is 148 Å². The smallest absolute Gasteiger partial charge is 0.125 e. The molecule has 0 saturated heterocycles. The van der Waals surface area contributed by atoms with Crippen molar-refractivity contribution in [2.24, 2.45) is 0 Å². The Kier molecular flexibility index (Phi) is 4.18. The second-order valence-corrected chi connectivity index (χ2v) is 6.51. The van der Waals surface area contributed by atoms with E-state index >= 15 is 0 Å². The number of fused-ring (bicyclic) bond motifs is 3. The molecule has 4 nitrogen and oxygen atoms in total. The van der Waals surface area contributed by atoms with Crippen LogP contribution in [0.25, 0.3) is 11.3 Å². The molecule has 0 amide bonds. The summed E-state index contributed by atoms with van der Waals surface area (Å²) in [6.07, 6.45) is 1.87. The Hall–Kier alpha value is -2.75. The van der Waals surface area contributed by atoms with Crippen LogP contribution in [0, 0.1) is 6.92 Å². The lowest BCUT2D eigenvalue weighted by atomic mass is 10.1. The van der Waals surface area contributed by atoms with Gasteiger partial charge in [-0.05, 0) is 30.5 Å². The van der Waals surface area contributed by atoms with Gasteiger partial charge < -0.3 is 10.1 Å². The standard InChI is InChI=1S/C21H23N3O/c1-3-11-25-19-10-6-9-16-17(19)12-18-20(16)23-24-21(18)22-13-15-8-5-4-7-14(15)2/h4-10H,3,11-13H2,1-2H3,(H2,22,23,24). The molecule has 4 heteroatoms. The van der Waals surface area contributed by atoms with E-state index in [-0.39, 0.29) is 0 Å². The molecule has 0 aliphatic heterocycles. The molecule has 1 aliphatic rings. The van der Waals surface area contributed by atoms with Gasteiger partial charge in [-0.1, -0.05) is 43.3 Å². The van der Waals surface area contributed by atoms with Crippen molar-refractivity contribution in [3.63, 3.8) is 0 Å². The van der Waals surface area contributed by atoms with Gasteiger partial charge in [0.2, 0.25) is 0 Å². The average molecular weight is 333 g/mol. The van der Waals surface area contributed by atoms with Crippen molar-refractivity contribution >= 4 is 5.82 Å². The summed E-state index contributed by atoms with van der Waals surface area (Å²) in [6.45, 7) is 5.80. The highest BCUT2D eigenvalue weighted by Gasteiger charge is 2.27. The first-order valence-corrected chi connectivity index (χ1v) is 8.88. The molecule has 2 N–H and O–H groups in total. The van der Waals surface area contributed by atoms with Crippen LogP contribution in [0.3, 0.4) is 0 Å². The van der Waals surface area contributed by atoms with Gasteiger partial charge in [-0.25, -0.2) is 0 Å². The van der Waals surface area contributed by atoms with Gasteiger partial charge in [0, 0.05) is 29.7 Å². The average Bonchev–Trinajstić information content (AvgIpc) is 3.19. The summed E-state index contributed by atoms with van der Waals surface area (Å²) in [5.74, 6) is 2.00. The predicted molar refractivity (Wildman–Crippen MR) is 101 cm³/mol. The molecule has 0 saturated carbocycles. The van der Waals surface area contributed by atoms with Gasteiger partial charge in [-0.3, -0.25) is 5.10 Å². The van der Waals surface area contributed by atoms with Crippen LogP contribution in [0.5, 0.6) is 5.75 Å². The molecule has 0 radical (unpaired) electrons. The summed E-state index contributed by atoms with van der Waals surface area (Å²) in [4.78, 5) is 0. The first kappa shape index (κ1) is 15.8. The van der Waals surface area contributed by atoms with Gasteiger partial charge in [0.15, 0.2) is 0 Å². The minimum absolute atomic E-state index is 0.749. The summed E-state index contributed by atoms with van der Waals surface area (Å²) < 4.78 is 5.93. The molecule has 0 unspecified atom stereocenters. The van der Waals surface area contributed by atoms with Gasteiger partial charge >= 0.3 is 0 Å². The number of ether oxygens (including phenoxy) is 1. The van der Waals surface area contributed by atoms with Crippen molar-refractivity contribution in [3.8, 4) is 17.0 Å². The van der Waals surface area contributed by atoms with E-state index in [1.807, 2.05) is 6.07 Å². The van der Waals surface area contributed by atoms with Gasteiger partial charge in [0.05, 0.1) is 12.3 Å². The Morgan fingerprint density at radius 3 is 2.84 bits per heavy atom. The maximum Gasteiger partial charge on any atom is 0.125 e. The highest BCUT2D eigenvalue weighted by Crippen LogP contribution is 2.42. The largest absolute Gasteiger partial charge is 0.493 e. The molecule has 0 atom stereocenters. The minimum Gasteiger partial charge on any atom is -0.493 e. The minimum atomic E-state index is 0.749. The zero-order chi connectivity index (χ0) is 17.2. The van der Waals surface area contributed by atoms with E-state index in [1.54, 1.807) is 0 Å². The van der Waals surface area contributed by atoms with Crippen LogP contribution in [-0.4, -0.2) is 16.8 Å². The molecule has 0 spiro atoms. The molecule has 2 aromatic carbocycles. The molecule has 0 bridgehead atoms. The van der Waals surface area contributed by atoms with Crippen molar-refractivity contribution in [2.45, 2.75) is 33.2 Å². The van der Waals surface area contributed by atoms with Crippen LogP contribution >= 0.6 is 0 Å². The number of anilines is 1.